The van der Waals surface area contributed by atoms with E-state index in [9.17, 15) is 9.59 Å². The number of hydrogen-bond donors (Lipinski definition) is 2. The van der Waals surface area contributed by atoms with Crippen LogP contribution in [0.3, 0.4) is 0 Å². The molecule has 1 aromatic carbocycles. The van der Waals surface area contributed by atoms with E-state index < -0.39 is 6.04 Å². The van der Waals surface area contributed by atoms with Crippen LogP contribution in [0.1, 0.15) is 24.3 Å². The first-order valence-corrected chi connectivity index (χ1v) is 6.37. The van der Waals surface area contributed by atoms with E-state index in [0.29, 0.717) is 18.9 Å². The fourth-order valence-electron chi connectivity index (χ4n) is 2.53. The molecule has 0 spiro atoms. The molecule has 2 unspecified atom stereocenters. The van der Waals surface area contributed by atoms with E-state index in [-0.39, 0.29) is 38.8 Å². The van der Waals surface area contributed by atoms with Gasteiger partial charge in [-0.25, -0.2) is 0 Å². The minimum atomic E-state index is -0.623. The van der Waals surface area contributed by atoms with Crippen LogP contribution in [0.4, 0.5) is 0 Å². The fourth-order valence-corrected chi connectivity index (χ4v) is 2.53. The minimum Gasteiger partial charge on any atom is -0.351 e. The summed E-state index contributed by atoms with van der Waals surface area (Å²) in [5.74, 6) is 0.247. The Labute approximate surface area is 126 Å². The summed E-state index contributed by atoms with van der Waals surface area (Å²) in [6.45, 7) is 0.615. The van der Waals surface area contributed by atoms with E-state index >= 15 is 0 Å². The minimum absolute atomic E-state index is 0. The van der Waals surface area contributed by atoms with Gasteiger partial charge in [0.05, 0.1) is 0 Å². The molecule has 1 aromatic rings. The van der Waals surface area contributed by atoms with Crippen molar-refractivity contribution < 1.29 is 30.7 Å². The third-order valence-corrected chi connectivity index (χ3v) is 3.65. The number of ketones is 1. The molecule has 1 heterocycles. The molecule has 4 nitrogen and oxygen atoms in total. The summed E-state index contributed by atoms with van der Waals surface area (Å²) in [4.78, 5) is 23.3. The van der Waals surface area contributed by atoms with Crippen molar-refractivity contribution in [3.8, 4) is 0 Å². The van der Waals surface area contributed by atoms with Gasteiger partial charge >= 0.3 is 21.1 Å². The Hall–Kier alpha value is -0.992. The number of benzene rings is 1. The van der Waals surface area contributed by atoms with Gasteiger partial charge in [0, 0.05) is 24.9 Å². The normalized spacial score (nSPS) is 28.6. The topological polar surface area (TPSA) is 58.2 Å². The Morgan fingerprint density at radius 3 is 2.63 bits per heavy atom. The quantitative estimate of drug-likeness (QED) is 0.678. The zero-order chi connectivity index (χ0) is 12.5. The molecule has 100 valence electrons. The maximum absolute atomic E-state index is 11.9. The Morgan fingerprint density at radius 1 is 1.26 bits per heavy atom. The SMILES string of the molecule is O=C1CCNC1C(=O)N[C@H]1CC1c1ccccc1.[Pt+4]. The molecule has 0 radical (unpaired) electrons. The molecule has 3 rings (SSSR count). The van der Waals surface area contributed by atoms with Crippen molar-refractivity contribution in [1.82, 2.24) is 10.6 Å². The van der Waals surface area contributed by atoms with Crippen molar-refractivity contribution in [3.05, 3.63) is 35.9 Å². The zero-order valence-electron chi connectivity index (χ0n) is 10.4. The van der Waals surface area contributed by atoms with Crippen LogP contribution in [-0.4, -0.2) is 30.3 Å². The van der Waals surface area contributed by atoms with Crippen molar-refractivity contribution in [2.75, 3.05) is 6.54 Å². The van der Waals surface area contributed by atoms with Crippen molar-refractivity contribution in [1.29, 1.82) is 0 Å². The molecule has 2 N–H and O–H groups in total. The van der Waals surface area contributed by atoms with Crippen LogP contribution in [-0.2, 0) is 30.7 Å². The maximum atomic E-state index is 11.9. The van der Waals surface area contributed by atoms with E-state index in [2.05, 4.69) is 22.8 Å². The van der Waals surface area contributed by atoms with Gasteiger partial charge in [0.15, 0.2) is 5.78 Å². The molecule has 19 heavy (non-hydrogen) atoms. The van der Waals surface area contributed by atoms with Crippen LogP contribution in [0.5, 0.6) is 0 Å². The molecule has 1 aliphatic heterocycles. The standard InChI is InChI=1S/C14H16N2O2.Pt/c17-12-6-7-15-13(12)14(18)16-11-8-10(11)9-4-2-1-3-5-9;/h1-5,10-11,13,15H,6-8H2,(H,16,18);/q;+4/t10?,11-,13?;/m0./s1. The summed E-state index contributed by atoms with van der Waals surface area (Å²) < 4.78 is 0. The van der Waals surface area contributed by atoms with E-state index in [4.69, 9.17) is 0 Å². The van der Waals surface area contributed by atoms with Gasteiger partial charge in [-0.05, 0) is 12.0 Å². The molecular weight excluding hydrogens is 423 g/mol. The molecule has 1 amide bonds. The van der Waals surface area contributed by atoms with Crippen LogP contribution in [0, 0.1) is 0 Å². The van der Waals surface area contributed by atoms with Crippen LogP contribution < -0.4 is 10.6 Å². The van der Waals surface area contributed by atoms with Crippen molar-refractivity contribution >= 4 is 11.7 Å². The number of nitrogens with one attached hydrogen (secondary N) is 2. The van der Waals surface area contributed by atoms with E-state index in [1.807, 2.05) is 18.2 Å². The van der Waals surface area contributed by atoms with Gasteiger partial charge in [-0.1, -0.05) is 30.3 Å². The number of carbonyl (C=O) groups excluding carboxylic acids is 2. The van der Waals surface area contributed by atoms with Gasteiger partial charge in [0.1, 0.15) is 6.04 Å². The third-order valence-electron chi connectivity index (χ3n) is 3.65. The number of amides is 1. The summed E-state index contributed by atoms with van der Waals surface area (Å²) in [5.41, 5.74) is 1.26. The van der Waals surface area contributed by atoms with Crippen molar-refractivity contribution in [2.24, 2.45) is 0 Å². The third kappa shape index (κ3) is 3.13. The molecule has 1 saturated carbocycles. The Morgan fingerprint density at radius 2 is 2.00 bits per heavy atom. The van der Waals surface area contributed by atoms with Crippen LogP contribution in [0.25, 0.3) is 0 Å². The molecule has 1 saturated heterocycles. The average molecular weight is 439 g/mol. The monoisotopic (exact) mass is 439 g/mol. The van der Waals surface area contributed by atoms with E-state index in [1.54, 1.807) is 0 Å². The zero-order valence-corrected chi connectivity index (χ0v) is 12.6. The summed E-state index contributed by atoms with van der Waals surface area (Å²) in [5, 5.41) is 5.88. The molecule has 1 aliphatic carbocycles. The van der Waals surface area contributed by atoms with Gasteiger partial charge in [-0.3, -0.25) is 14.9 Å². The molecule has 2 fully saturated rings. The van der Waals surface area contributed by atoms with Gasteiger partial charge in [-0.2, -0.15) is 0 Å². The largest absolute Gasteiger partial charge is 4.00 e. The molecular formula is C14H16N2O2Pt+4. The van der Waals surface area contributed by atoms with Gasteiger partial charge in [0.25, 0.3) is 0 Å². The summed E-state index contributed by atoms with van der Waals surface area (Å²) in [6.07, 6.45) is 1.43. The number of hydrogen-bond acceptors (Lipinski definition) is 3. The summed E-state index contributed by atoms with van der Waals surface area (Å²) >= 11 is 0. The first kappa shape index (κ1) is 14.4. The Balaban J connectivity index is 0.00000133. The second-order valence-electron chi connectivity index (χ2n) is 4.97. The first-order valence-electron chi connectivity index (χ1n) is 6.37. The average Bonchev–Trinajstić information content (AvgIpc) is 3.01. The molecule has 2 aliphatic rings. The first-order chi connectivity index (χ1) is 8.75. The summed E-state index contributed by atoms with van der Waals surface area (Å²) in [6, 6.07) is 9.73. The smallest absolute Gasteiger partial charge is 0.351 e. The molecule has 5 heteroatoms. The molecule has 0 aromatic heterocycles. The second-order valence-corrected chi connectivity index (χ2v) is 4.97. The van der Waals surface area contributed by atoms with E-state index in [0.717, 1.165) is 6.42 Å². The maximum Gasteiger partial charge on any atom is 4.00 e. The van der Waals surface area contributed by atoms with Crippen LogP contribution >= 0.6 is 0 Å². The summed E-state index contributed by atoms with van der Waals surface area (Å²) in [7, 11) is 0. The van der Waals surface area contributed by atoms with Gasteiger partial charge in [-0.15, -0.1) is 0 Å². The van der Waals surface area contributed by atoms with Crippen LogP contribution in [0.2, 0.25) is 0 Å². The van der Waals surface area contributed by atoms with Crippen LogP contribution in [0.15, 0.2) is 30.3 Å². The van der Waals surface area contributed by atoms with Gasteiger partial charge < -0.3 is 5.32 Å². The Kier molecular flexibility index (Phi) is 4.53. The van der Waals surface area contributed by atoms with E-state index in [1.165, 1.54) is 5.56 Å². The number of carbonyl (C=O) groups is 2. The van der Waals surface area contributed by atoms with Crippen molar-refractivity contribution in [3.63, 3.8) is 0 Å². The Bertz CT molecular complexity index is 478. The fraction of sp³-hybridized carbons (Fsp3) is 0.429. The number of Topliss-reactive ketones (excluding diaryl/α,β-unsaturated/α-hetero) is 1. The second kappa shape index (κ2) is 5.98. The van der Waals surface area contributed by atoms with Crippen molar-refractivity contribution in [2.45, 2.75) is 30.8 Å². The predicted octanol–water partition coefficient (Wildman–Crippen LogP) is 0.587. The molecule has 3 atom stereocenters. The molecule has 0 bridgehead atoms. The van der Waals surface area contributed by atoms with Gasteiger partial charge in [0.2, 0.25) is 5.91 Å². The predicted molar refractivity (Wildman–Crippen MR) is 67.1 cm³/mol. The number of rotatable bonds is 3.